The fourth-order valence-corrected chi connectivity index (χ4v) is 1.84. The van der Waals surface area contributed by atoms with Crippen LogP contribution >= 0.6 is 0 Å². The first-order valence-corrected chi connectivity index (χ1v) is 4.82. The van der Waals surface area contributed by atoms with Crippen molar-refractivity contribution < 1.29 is 14.6 Å². The molecule has 0 bridgehead atoms. The molecule has 2 aliphatic heterocycles. The van der Waals surface area contributed by atoms with E-state index < -0.39 is 0 Å². The molecule has 0 saturated carbocycles. The Hall–Kier alpha value is -0.610. The second kappa shape index (κ2) is 3.64. The van der Waals surface area contributed by atoms with Crippen LogP contribution in [0.1, 0.15) is 12.8 Å². The van der Waals surface area contributed by atoms with Crippen LogP contribution in [0.25, 0.3) is 0 Å². The van der Waals surface area contributed by atoms with Gasteiger partial charge in [-0.25, -0.2) is 0 Å². The topological polar surface area (TPSA) is 49.8 Å². The van der Waals surface area contributed by atoms with Crippen molar-refractivity contribution in [3.05, 3.63) is 0 Å². The Labute approximate surface area is 77.5 Å². The molecule has 1 atom stereocenters. The average molecular weight is 185 g/mol. The van der Waals surface area contributed by atoms with Crippen molar-refractivity contribution in [1.29, 1.82) is 0 Å². The molecule has 4 heteroatoms. The molecular weight excluding hydrogens is 170 g/mol. The maximum Gasteiger partial charge on any atom is 0.251 e. The summed E-state index contributed by atoms with van der Waals surface area (Å²) in [6.07, 6.45) is 1.66. The van der Waals surface area contributed by atoms with Gasteiger partial charge in [0, 0.05) is 32.2 Å². The summed E-state index contributed by atoms with van der Waals surface area (Å²) in [4.78, 5) is 13.4. The normalized spacial score (nSPS) is 29.0. The summed E-state index contributed by atoms with van der Waals surface area (Å²) in [5, 5.41) is 8.78. The molecule has 4 nitrogen and oxygen atoms in total. The number of ether oxygens (including phenoxy) is 1. The smallest absolute Gasteiger partial charge is 0.251 e. The molecule has 1 amide bonds. The molecule has 0 aromatic carbocycles. The lowest BCUT2D eigenvalue weighted by atomic mass is 10.0. The number of carbonyl (C=O) groups excluding carboxylic acids is 1. The third kappa shape index (κ3) is 1.69. The van der Waals surface area contributed by atoms with Gasteiger partial charge >= 0.3 is 0 Å². The number of carbonyl (C=O) groups is 1. The van der Waals surface area contributed by atoms with Gasteiger partial charge < -0.3 is 14.7 Å². The van der Waals surface area contributed by atoms with Crippen LogP contribution in [0.3, 0.4) is 0 Å². The van der Waals surface area contributed by atoms with Gasteiger partial charge in [0.1, 0.15) is 6.10 Å². The molecule has 0 aromatic rings. The Bertz CT molecular complexity index is 195. The summed E-state index contributed by atoms with van der Waals surface area (Å²) in [7, 11) is 0. The Morgan fingerprint density at radius 3 is 2.85 bits per heavy atom. The van der Waals surface area contributed by atoms with E-state index >= 15 is 0 Å². The maximum atomic E-state index is 11.6. The van der Waals surface area contributed by atoms with Crippen molar-refractivity contribution in [2.24, 2.45) is 5.92 Å². The minimum absolute atomic E-state index is 0.113. The maximum absolute atomic E-state index is 11.6. The van der Waals surface area contributed by atoms with Crippen LogP contribution in [0.2, 0.25) is 0 Å². The van der Waals surface area contributed by atoms with Crippen LogP contribution in [-0.4, -0.2) is 48.3 Å². The minimum Gasteiger partial charge on any atom is -0.396 e. The van der Waals surface area contributed by atoms with Gasteiger partial charge in [-0.05, 0) is 12.8 Å². The molecule has 2 rings (SSSR count). The summed E-state index contributed by atoms with van der Waals surface area (Å²) in [5.41, 5.74) is 0. The average Bonchev–Trinajstić information content (AvgIpc) is 2.53. The van der Waals surface area contributed by atoms with E-state index in [0.717, 1.165) is 12.8 Å². The van der Waals surface area contributed by atoms with Crippen molar-refractivity contribution in [3.63, 3.8) is 0 Å². The van der Waals surface area contributed by atoms with E-state index in [4.69, 9.17) is 9.84 Å². The van der Waals surface area contributed by atoms with Gasteiger partial charge in [-0.3, -0.25) is 4.79 Å². The first-order valence-electron chi connectivity index (χ1n) is 4.82. The second-order valence-corrected chi connectivity index (χ2v) is 3.79. The predicted octanol–water partition coefficient (Wildman–Crippen LogP) is -0.384. The number of aliphatic hydroxyl groups is 1. The van der Waals surface area contributed by atoms with Crippen molar-refractivity contribution in [2.45, 2.75) is 18.9 Å². The molecule has 74 valence electrons. The van der Waals surface area contributed by atoms with Crippen LogP contribution in [-0.2, 0) is 9.53 Å². The van der Waals surface area contributed by atoms with E-state index in [1.54, 1.807) is 4.90 Å². The van der Waals surface area contributed by atoms with E-state index in [2.05, 4.69) is 0 Å². The van der Waals surface area contributed by atoms with Crippen LogP contribution in [0.5, 0.6) is 0 Å². The standard InChI is InChI=1S/C9H15NO3/c11-6-7-4-10(5-7)9(12)8-2-1-3-13-8/h7-8,11H,1-6H2. The van der Waals surface area contributed by atoms with Gasteiger partial charge in [-0.1, -0.05) is 0 Å². The highest BCUT2D eigenvalue weighted by Crippen LogP contribution is 2.20. The molecule has 0 spiro atoms. The fourth-order valence-electron chi connectivity index (χ4n) is 1.84. The third-order valence-corrected chi connectivity index (χ3v) is 2.73. The molecule has 13 heavy (non-hydrogen) atoms. The monoisotopic (exact) mass is 185 g/mol. The van der Waals surface area contributed by atoms with Crippen LogP contribution in [0.15, 0.2) is 0 Å². The molecule has 2 heterocycles. The Balaban J connectivity index is 1.78. The molecule has 0 radical (unpaired) electrons. The van der Waals surface area contributed by atoms with Gasteiger partial charge in [-0.2, -0.15) is 0 Å². The number of rotatable bonds is 2. The summed E-state index contributed by atoms with van der Waals surface area (Å²) >= 11 is 0. The van der Waals surface area contributed by atoms with Crippen molar-refractivity contribution in [1.82, 2.24) is 4.90 Å². The Morgan fingerprint density at radius 1 is 1.54 bits per heavy atom. The minimum atomic E-state index is -0.195. The number of hydrogen-bond donors (Lipinski definition) is 1. The van der Waals surface area contributed by atoms with Gasteiger partial charge in [0.15, 0.2) is 0 Å². The first kappa shape index (κ1) is 8.97. The zero-order chi connectivity index (χ0) is 9.26. The molecular formula is C9H15NO3. The highest BCUT2D eigenvalue weighted by atomic mass is 16.5. The predicted molar refractivity (Wildman–Crippen MR) is 46.1 cm³/mol. The SMILES string of the molecule is O=C(C1CCCO1)N1CC(CO)C1. The lowest BCUT2D eigenvalue weighted by molar-refractivity contribution is -0.148. The molecule has 0 aromatic heterocycles. The third-order valence-electron chi connectivity index (χ3n) is 2.73. The summed E-state index contributed by atoms with van der Waals surface area (Å²) < 4.78 is 5.29. The van der Waals surface area contributed by atoms with Crippen molar-refractivity contribution >= 4 is 5.91 Å². The largest absolute Gasteiger partial charge is 0.396 e. The number of likely N-dealkylation sites (tertiary alicyclic amines) is 1. The van der Waals surface area contributed by atoms with E-state index in [-0.39, 0.29) is 18.6 Å². The Morgan fingerprint density at radius 2 is 2.31 bits per heavy atom. The van der Waals surface area contributed by atoms with Gasteiger partial charge in [0.2, 0.25) is 0 Å². The first-order chi connectivity index (χ1) is 6.31. The molecule has 1 N–H and O–H groups in total. The highest BCUT2D eigenvalue weighted by molar-refractivity contribution is 5.81. The number of hydrogen-bond acceptors (Lipinski definition) is 3. The molecule has 2 fully saturated rings. The lowest BCUT2D eigenvalue weighted by Crippen LogP contribution is -2.54. The molecule has 2 saturated heterocycles. The molecule has 1 unspecified atom stereocenters. The van der Waals surface area contributed by atoms with Gasteiger partial charge in [0.25, 0.3) is 5.91 Å². The quantitative estimate of drug-likeness (QED) is 0.637. The lowest BCUT2D eigenvalue weighted by Gasteiger charge is -2.39. The zero-order valence-electron chi connectivity index (χ0n) is 7.61. The summed E-state index contributed by atoms with van der Waals surface area (Å²) in [5.74, 6) is 0.410. The summed E-state index contributed by atoms with van der Waals surface area (Å²) in [6, 6.07) is 0. The molecule has 2 aliphatic rings. The van der Waals surface area contributed by atoms with Gasteiger partial charge in [0.05, 0.1) is 0 Å². The number of nitrogens with zero attached hydrogens (tertiary/aromatic N) is 1. The zero-order valence-corrected chi connectivity index (χ0v) is 7.61. The van der Waals surface area contributed by atoms with Crippen LogP contribution < -0.4 is 0 Å². The van der Waals surface area contributed by atoms with Crippen LogP contribution in [0, 0.1) is 5.92 Å². The Kier molecular flexibility index (Phi) is 2.51. The summed E-state index contributed by atoms with van der Waals surface area (Å²) in [6.45, 7) is 2.31. The molecule has 0 aliphatic carbocycles. The van der Waals surface area contributed by atoms with Crippen LogP contribution in [0.4, 0.5) is 0 Å². The van der Waals surface area contributed by atoms with E-state index in [9.17, 15) is 4.79 Å². The van der Waals surface area contributed by atoms with E-state index in [1.165, 1.54) is 0 Å². The number of aliphatic hydroxyl groups excluding tert-OH is 1. The van der Waals surface area contributed by atoms with E-state index in [1.807, 2.05) is 0 Å². The van der Waals surface area contributed by atoms with Gasteiger partial charge in [-0.15, -0.1) is 0 Å². The van der Waals surface area contributed by atoms with Crippen molar-refractivity contribution in [2.75, 3.05) is 26.3 Å². The second-order valence-electron chi connectivity index (χ2n) is 3.79. The van der Waals surface area contributed by atoms with Crippen molar-refractivity contribution in [3.8, 4) is 0 Å². The fraction of sp³-hybridized carbons (Fsp3) is 0.889. The number of amides is 1. The highest BCUT2D eigenvalue weighted by Gasteiger charge is 2.35. The van der Waals surface area contributed by atoms with E-state index in [0.29, 0.717) is 25.6 Å².